The standard InChI is InChI=1S/C16H20ClFN4O3/c17-11-2-1-10(7-12(11)18)9-22-6-5-21-16(25)13(22)8-15(24)20-4-3-14(19)23/h1-2,7,13H,3-6,8-9H2,(H2,19,23)(H,20,24)(H,21,25)/t13-/m1/s1. The number of nitrogens with one attached hydrogen (secondary N) is 2. The number of nitrogens with two attached hydrogens (primary N) is 1. The first kappa shape index (κ1) is 19.1. The molecule has 0 spiro atoms. The molecule has 1 aliphatic rings. The van der Waals surface area contributed by atoms with Crippen LogP contribution in [0, 0.1) is 5.82 Å². The summed E-state index contributed by atoms with van der Waals surface area (Å²) in [6.45, 7) is 1.44. The van der Waals surface area contributed by atoms with Gasteiger partial charge in [0.15, 0.2) is 0 Å². The fraction of sp³-hybridized carbons (Fsp3) is 0.438. The van der Waals surface area contributed by atoms with Gasteiger partial charge in [0.25, 0.3) is 0 Å². The van der Waals surface area contributed by atoms with Gasteiger partial charge in [-0.3, -0.25) is 19.3 Å². The molecule has 0 radical (unpaired) electrons. The van der Waals surface area contributed by atoms with Crippen molar-refractivity contribution in [2.24, 2.45) is 5.73 Å². The SMILES string of the molecule is NC(=O)CCNC(=O)C[C@@H]1C(=O)NCCN1Cc1ccc(Cl)c(F)c1. The molecule has 0 bridgehead atoms. The van der Waals surface area contributed by atoms with Crippen LogP contribution in [0.5, 0.6) is 0 Å². The van der Waals surface area contributed by atoms with Gasteiger partial charge >= 0.3 is 0 Å². The van der Waals surface area contributed by atoms with Crippen molar-refractivity contribution in [3.63, 3.8) is 0 Å². The first-order valence-corrected chi connectivity index (χ1v) is 8.25. The van der Waals surface area contributed by atoms with Crippen LogP contribution in [0.2, 0.25) is 5.02 Å². The summed E-state index contributed by atoms with van der Waals surface area (Å²) in [4.78, 5) is 36.6. The fourth-order valence-corrected chi connectivity index (χ4v) is 2.74. The summed E-state index contributed by atoms with van der Waals surface area (Å²) in [5.41, 5.74) is 5.68. The number of carbonyl (C=O) groups excluding carboxylic acids is 3. The van der Waals surface area contributed by atoms with Crippen LogP contribution >= 0.6 is 11.6 Å². The Balaban J connectivity index is 1.99. The number of carbonyl (C=O) groups is 3. The molecule has 1 saturated heterocycles. The van der Waals surface area contributed by atoms with E-state index in [4.69, 9.17) is 17.3 Å². The Labute approximate surface area is 149 Å². The summed E-state index contributed by atoms with van der Waals surface area (Å²) in [6.07, 6.45) is -0.0168. The predicted octanol–water partition coefficient (Wildman–Crippen LogP) is 0.161. The lowest BCUT2D eigenvalue weighted by Crippen LogP contribution is -2.56. The van der Waals surface area contributed by atoms with Crippen molar-refractivity contribution in [3.05, 3.63) is 34.6 Å². The van der Waals surface area contributed by atoms with Gasteiger partial charge in [-0.05, 0) is 17.7 Å². The highest BCUT2D eigenvalue weighted by Gasteiger charge is 2.31. The summed E-state index contributed by atoms with van der Waals surface area (Å²) < 4.78 is 13.6. The number of rotatable bonds is 7. The Morgan fingerprint density at radius 2 is 2.20 bits per heavy atom. The van der Waals surface area contributed by atoms with Crippen molar-refractivity contribution < 1.29 is 18.8 Å². The van der Waals surface area contributed by atoms with Crippen LogP contribution in [0.4, 0.5) is 4.39 Å². The summed E-state index contributed by atoms with van der Waals surface area (Å²) in [6, 6.07) is 3.80. The van der Waals surface area contributed by atoms with E-state index >= 15 is 0 Å². The number of piperazine rings is 1. The minimum atomic E-state index is -0.666. The minimum Gasteiger partial charge on any atom is -0.370 e. The Bertz CT molecular complexity index is 671. The number of nitrogens with zero attached hydrogens (tertiary/aromatic N) is 1. The number of hydrogen-bond acceptors (Lipinski definition) is 4. The van der Waals surface area contributed by atoms with E-state index in [1.165, 1.54) is 12.1 Å². The quantitative estimate of drug-likeness (QED) is 0.636. The number of primary amides is 1. The Hall–Kier alpha value is -2.19. The van der Waals surface area contributed by atoms with Crippen LogP contribution in [0.3, 0.4) is 0 Å². The van der Waals surface area contributed by atoms with Crippen LogP contribution in [0.15, 0.2) is 18.2 Å². The third-order valence-electron chi connectivity index (χ3n) is 3.88. The van der Waals surface area contributed by atoms with E-state index in [9.17, 15) is 18.8 Å². The lowest BCUT2D eigenvalue weighted by atomic mass is 10.1. The lowest BCUT2D eigenvalue weighted by molar-refractivity contribution is -0.134. The van der Waals surface area contributed by atoms with E-state index in [0.717, 1.165) is 0 Å². The van der Waals surface area contributed by atoms with Crippen LogP contribution < -0.4 is 16.4 Å². The van der Waals surface area contributed by atoms with Gasteiger partial charge in [-0.1, -0.05) is 17.7 Å². The molecule has 1 aliphatic heterocycles. The van der Waals surface area contributed by atoms with Gasteiger partial charge in [0.05, 0.1) is 17.5 Å². The highest BCUT2D eigenvalue weighted by Crippen LogP contribution is 2.19. The van der Waals surface area contributed by atoms with Gasteiger partial charge in [0.1, 0.15) is 5.82 Å². The number of halogens is 2. The van der Waals surface area contributed by atoms with Gasteiger partial charge in [-0.15, -0.1) is 0 Å². The molecule has 1 aromatic rings. The normalized spacial score (nSPS) is 17.8. The second kappa shape index (κ2) is 8.77. The Kier molecular flexibility index (Phi) is 6.72. The molecule has 1 atom stereocenters. The lowest BCUT2D eigenvalue weighted by Gasteiger charge is -2.34. The molecule has 0 aromatic heterocycles. The molecule has 4 N–H and O–H groups in total. The van der Waals surface area contributed by atoms with E-state index in [1.807, 2.05) is 4.90 Å². The summed E-state index contributed by atoms with van der Waals surface area (Å²) >= 11 is 5.68. The van der Waals surface area contributed by atoms with Crippen molar-refractivity contribution in [1.82, 2.24) is 15.5 Å². The average Bonchev–Trinajstić information content (AvgIpc) is 2.54. The van der Waals surface area contributed by atoms with Crippen molar-refractivity contribution >= 4 is 29.3 Å². The molecule has 136 valence electrons. The summed E-state index contributed by atoms with van der Waals surface area (Å²) in [5.74, 6) is -1.65. The second-order valence-electron chi connectivity index (χ2n) is 5.80. The van der Waals surface area contributed by atoms with Crippen LogP contribution in [-0.2, 0) is 20.9 Å². The van der Waals surface area contributed by atoms with Crippen LogP contribution in [0.25, 0.3) is 0 Å². The van der Waals surface area contributed by atoms with Gasteiger partial charge in [-0.2, -0.15) is 0 Å². The van der Waals surface area contributed by atoms with Gasteiger partial charge < -0.3 is 16.4 Å². The number of benzene rings is 1. The maximum Gasteiger partial charge on any atom is 0.237 e. The molecule has 2 rings (SSSR count). The van der Waals surface area contributed by atoms with E-state index in [0.29, 0.717) is 25.2 Å². The average molecular weight is 371 g/mol. The molecule has 0 unspecified atom stereocenters. The van der Waals surface area contributed by atoms with Crippen molar-refractivity contribution in [2.75, 3.05) is 19.6 Å². The van der Waals surface area contributed by atoms with Crippen LogP contribution in [-0.4, -0.2) is 48.3 Å². The molecule has 25 heavy (non-hydrogen) atoms. The van der Waals surface area contributed by atoms with Crippen molar-refractivity contribution in [3.8, 4) is 0 Å². The van der Waals surface area contributed by atoms with Crippen molar-refractivity contribution in [1.29, 1.82) is 0 Å². The molecule has 7 nitrogen and oxygen atoms in total. The maximum absolute atomic E-state index is 13.6. The molecule has 3 amide bonds. The molecule has 1 aromatic carbocycles. The van der Waals surface area contributed by atoms with E-state index in [2.05, 4.69) is 10.6 Å². The zero-order valence-corrected chi connectivity index (χ0v) is 14.3. The predicted molar refractivity (Wildman–Crippen MR) is 90.1 cm³/mol. The largest absolute Gasteiger partial charge is 0.370 e. The molecule has 0 saturated carbocycles. The smallest absolute Gasteiger partial charge is 0.237 e. The van der Waals surface area contributed by atoms with Crippen LogP contribution in [0.1, 0.15) is 18.4 Å². The first-order valence-electron chi connectivity index (χ1n) is 7.87. The second-order valence-corrected chi connectivity index (χ2v) is 6.20. The van der Waals surface area contributed by atoms with E-state index in [-0.39, 0.29) is 36.2 Å². The zero-order chi connectivity index (χ0) is 18.4. The first-order chi connectivity index (χ1) is 11.9. The molecule has 1 fully saturated rings. The Morgan fingerprint density at radius 1 is 1.44 bits per heavy atom. The molecule has 1 heterocycles. The summed E-state index contributed by atoms with van der Waals surface area (Å²) in [5, 5.41) is 5.31. The number of hydrogen-bond donors (Lipinski definition) is 3. The van der Waals surface area contributed by atoms with Crippen molar-refractivity contribution in [2.45, 2.75) is 25.4 Å². The van der Waals surface area contributed by atoms with E-state index in [1.54, 1.807) is 6.07 Å². The van der Waals surface area contributed by atoms with E-state index < -0.39 is 17.8 Å². The monoisotopic (exact) mass is 370 g/mol. The maximum atomic E-state index is 13.6. The topological polar surface area (TPSA) is 105 Å². The van der Waals surface area contributed by atoms with Gasteiger partial charge in [0, 0.05) is 32.6 Å². The molecule has 0 aliphatic carbocycles. The highest BCUT2D eigenvalue weighted by atomic mass is 35.5. The van der Waals surface area contributed by atoms with Gasteiger partial charge in [-0.25, -0.2) is 4.39 Å². The fourth-order valence-electron chi connectivity index (χ4n) is 2.62. The zero-order valence-electron chi connectivity index (χ0n) is 13.6. The molecular weight excluding hydrogens is 351 g/mol. The minimum absolute atomic E-state index is 0.0329. The van der Waals surface area contributed by atoms with Gasteiger partial charge in [0.2, 0.25) is 17.7 Å². The molecular formula is C16H20ClFN4O3. The highest BCUT2D eigenvalue weighted by molar-refractivity contribution is 6.30. The summed E-state index contributed by atoms with van der Waals surface area (Å²) in [7, 11) is 0. The Morgan fingerprint density at radius 3 is 2.88 bits per heavy atom. The third-order valence-corrected chi connectivity index (χ3v) is 4.19. The third kappa shape index (κ3) is 5.68. The molecule has 9 heteroatoms. The number of amides is 3.